The highest BCUT2D eigenvalue weighted by Gasteiger charge is 2.34. The lowest BCUT2D eigenvalue weighted by molar-refractivity contribution is -0.146. The van der Waals surface area contributed by atoms with Crippen molar-refractivity contribution in [1.82, 2.24) is 20.9 Å². The van der Waals surface area contributed by atoms with Gasteiger partial charge in [-0.1, -0.05) is 18.2 Å². The highest BCUT2D eigenvalue weighted by Crippen LogP contribution is 2.18. The fourth-order valence-electron chi connectivity index (χ4n) is 3.74. The number of aliphatic hydroxyl groups excluding tert-OH is 2. The number of aromatic amines is 1. The SMILES string of the molecule is CC(O)C(NC(=O)C(NC(=O)C(CCC(=O)O)NC(=O)C(N)Cc1c[nH]c2ccccc12)C(C)O)C(=O)O. The summed E-state index contributed by atoms with van der Waals surface area (Å²) in [5.74, 6) is -5.64. The van der Waals surface area contributed by atoms with Gasteiger partial charge in [0.15, 0.2) is 6.04 Å². The quantitative estimate of drug-likeness (QED) is 0.131. The smallest absolute Gasteiger partial charge is 0.328 e. The molecule has 1 heterocycles. The molecule has 0 spiro atoms. The van der Waals surface area contributed by atoms with Crippen LogP contribution < -0.4 is 21.7 Å². The van der Waals surface area contributed by atoms with Crippen molar-refractivity contribution < 1.29 is 44.4 Å². The number of fused-ring (bicyclic) bond motifs is 1. The van der Waals surface area contributed by atoms with Crippen molar-refractivity contribution in [2.45, 2.75) is 69.5 Å². The van der Waals surface area contributed by atoms with Crippen LogP contribution in [-0.2, 0) is 30.4 Å². The minimum atomic E-state index is -1.72. The molecule has 6 atom stereocenters. The second-order valence-electron chi connectivity index (χ2n) is 8.96. The van der Waals surface area contributed by atoms with Gasteiger partial charge in [-0.3, -0.25) is 19.2 Å². The average Bonchev–Trinajstić information content (AvgIpc) is 3.24. The summed E-state index contributed by atoms with van der Waals surface area (Å²) in [7, 11) is 0. The Morgan fingerprint density at radius 3 is 2.08 bits per heavy atom. The molecule has 0 aliphatic carbocycles. The number of carbonyl (C=O) groups excluding carboxylic acids is 3. The molecule has 0 bridgehead atoms. The molecule has 208 valence electrons. The number of rotatable bonds is 14. The van der Waals surface area contributed by atoms with Crippen molar-refractivity contribution in [3.05, 3.63) is 36.0 Å². The monoisotopic (exact) mass is 535 g/mol. The van der Waals surface area contributed by atoms with E-state index in [1.165, 1.54) is 0 Å². The number of carboxylic acids is 2. The zero-order valence-electron chi connectivity index (χ0n) is 20.9. The first-order valence-electron chi connectivity index (χ1n) is 11.8. The first-order valence-corrected chi connectivity index (χ1v) is 11.8. The minimum Gasteiger partial charge on any atom is -0.481 e. The zero-order chi connectivity index (χ0) is 28.6. The van der Waals surface area contributed by atoms with Crippen LogP contribution in [0.4, 0.5) is 0 Å². The molecule has 14 heteroatoms. The standard InChI is InChI=1S/C24H33N5O9/c1-11(30)19(23(36)29-20(12(2)31)24(37)38)28-22(35)17(7-8-18(32)33)27-21(34)15(25)9-13-10-26-16-6-4-3-5-14(13)16/h3-6,10-12,15,17,19-20,26,30-31H,7-9,25H2,1-2H3,(H,27,34)(H,28,35)(H,29,36)(H,32,33)(H,37,38). The molecular weight excluding hydrogens is 502 g/mol. The summed E-state index contributed by atoms with van der Waals surface area (Å²) < 4.78 is 0. The van der Waals surface area contributed by atoms with E-state index in [1.54, 1.807) is 6.20 Å². The number of nitrogens with one attached hydrogen (secondary N) is 4. The molecule has 0 saturated heterocycles. The van der Waals surface area contributed by atoms with E-state index >= 15 is 0 Å². The molecule has 3 amide bonds. The second-order valence-corrected chi connectivity index (χ2v) is 8.96. The van der Waals surface area contributed by atoms with E-state index in [0.717, 1.165) is 30.3 Å². The van der Waals surface area contributed by atoms with Crippen molar-refractivity contribution in [2.24, 2.45) is 5.73 Å². The summed E-state index contributed by atoms with van der Waals surface area (Å²) in [5, 5.41) is 45.3. The van der Waals surface area contributed by atoms with Crippen LogP contribution in [0.3, 0.4) is 0 Å². The number of hydrogen-bond donors (Lipinski definition) is 9. The fraction of sp³-hybridized carbons (Fsp3) is 0.458. The molecule has 0 fully saturated rings. The predicted molar refractivity (Wildman–Crippen MR) is 134 cm³/mol. The summed E-state index contributed by atoms with van der Waals surface area (Å²) in [4.78, 5) is 63.8. The lowest BCUT2D eigenvalue weighted by Crippen LogP contribution is -2.61. The van der Waals surface area contributed by atoms with E-state index in [4.69, 9.17) is 15.9 Å². The van der Waals surface area contributed by atoms with E-state index in [0.29, 0.717) is 0 Å². The number of H-pyrrole nitrogens is 1. The van der Waals surface area contributed by atoms with E-state index in [9.17, 15) is 34.2 Å². The second kappa shape index (κ2) is 13.5. The predicted octanol–water partition coefficient (Wildman–Crippen LogP) is -1.80. The van der Waals surface area contributed by atoms with Gasteiger partial charge in [0.2, 0.25) is 17.7 Å². The van der Waals surface area contributed by atoms with Crippen molar-refractivity contribution in [3.63, 3.8) is 0 Å². The van der Waals surface area contributed by atoms with Crippen LogP contribution >= 0.6 is 0 Å². The van der Waals surface area contributed by atoms with Crippen LogP contribution in [0.5, 0.6) is 0 Å². The van der Waals surface area contributed by atoms with Gasteiger partial charge in [-0.2, -0.15) is 0 Å². The van der Waals surface area contributed by atoms with Crippen LogP contribution in [0.25, 0.3) is 10.9 Å². The first-order chi connectivity index (χ1) is 17.8. The van der Waals surface area contributed by atoms with Crippen LogP contribution in [-0.4, -0.2) is 91.4 Å². The average molecular weight is 536 g/mol. The molecule has 14 nitrogen and oxygen atoms in total. The molecule has 1 aromatic heterocycles. The van der Waals surface area contributed by atoms with Crippen LogP contribution in [0.15, 0.2) is 30.5 Å². The number of carboxylic acid groups (broad SMARTS) is 2. The zero-order valence-corrected chi connectivity index (χ0v) is 20.9. The Balaban J connectivity index is 2.14. The molecule has 0 radical (unpaired) electrons. The third-order valence-electron chi connectivity index (χ3n) is 5.84. The lowest BCUT2D eigenvalue weighted by atomic mass is 10.0. The number of carbonyl (C=O) groups is 5. The van der Waals surface area contributed by atoms with Gasteiger partial charge < -0.3 is 47.1 Å². The Morgan fingerprint density at radius 1 is 0.895 bits per heavy atom. The Kier molecular flexibility index (Phi) is 10.7. The Bertz CT molecular complexity index is 1160. The molecule has 38 heavy (non-hydrogen) atoms. The van der Waals surface area contributed by atoms with Crippen molar-refractivity contribution in [3.8, 4) is 0 Å². The van der Waals surface area contributed by atoms with Gasteiger partial charge in [0, 0.05) is 23.5 Å². The third kappa shape index (κ3) is 8.26. The third-order valence-corrected chi connectivity index (χ3v) is 5.84. The number of benzene rings is 1. The van der Waals surface area contributed by atoms with E-state index < -0.39 is 72.5 Å². The highest BCUT2D eigenvalue weighted by molar-refractivity contribution is 5.95. The topological polar surface area (TPSA) is 244 Å². The van der Waals surface area contributed by atoms with Crippen molar-refractivity contribution in [1.29, 1.82) is 0 Å². The molecule has 0 aliphatic rings. The number of aliphatic carboxylic acids is 2. The summed E-state index contributed by atoms with van der Waals surface area (Å²) in [6, 6.07) is 1.44. The van der Waals surface area contributed by atoms with Gasteiger partial charge >= 0.3 is 11.9 Å². The maximum absolute atomic E-state index is 13.0. The lowest BCUT2D eigenvalue weighted by Gasteiger charge is -2.27. The largest absolute Gasteiger partial charge is 0.481 e. The first kappa shape index (κ1) is 30.2. The van der Waals surface area contributed by atoms with E-state index in [-0.39, 0.29) is 12.8 Å². The Morgan fingerprint density at radius 2 is 1.50 bits per heavy atom. The van der Waals surface area contributed by atoms with Gasteiger partial charge in [0.05, 0.1) is 18.2 Å². The number of amides is 3. The molecular formula is C24H33N5O9. The van der Waals surface area contributed by atoms with Gasteiger partial charge in [-0.15, -0.1) is 0 Å². The molecule has 0 saturated carbocycles. The molecule has 1 aromatic carbocycles. The van der Waals surface area contributed by atoms with Crippen LogP contribution in [0.1, 0.15) is 32.3 Å². The Labute approximate surface area is 217 Å². The molecule has 10 N–H and O–H groups in total. The molecule has 0 aliphatic heterocycles. The van der Waals surface area contributed by atoms with Crippen molar-refractivity contribution >= 4 is 40.6 Å². The summed E-state index contributed by atoms with van der Waals surface area (Å²) in [5.41, 5.74) is 7.66. The van der Waals surface area contributed by atoms with Gasteiger partial charge in [-0.05, 0) is 38.3 Å². The van der Waals surface area contributed by atoms with Crippen molar-refractivity contribution in [2.75, 3.05) is 0 Å². The highest BCUT2D eigenvalue weighted by atomic mass is 16.4. The fourth-order valence-corrected chi connectivity index (χ4v) is 3.74. The minimum absolute atomic E-state index is 0.109. The molecule has 2 aromatic rings. The Hall–Kier alpha value is -4.01. The van der Waals surface area contributed by atoms with Gasteiger partial charge in [-0.25, -0.2) is 4.79 Å². The maximum atomic E-state index is 13.0. The van der Waals surface area contributed by atoms with Gasteiger partial charge in [0.1, 0.15) is 12.1 Å². The number of aromatic nitrogens is 1. The summed E-state index contributed by atoms with van der Waals surface area (Å²) in [6.45, 7) is 2.29. The summed E-state index contributed by atoms with van der Waals surface area (Å²) in [6.07, 6.45) is -2.05. The summed E-state index contributed by atoms with van der Waals surface area (Å²) >= 11 is 0. The number of para-hydroxylation sites is 1. The van der Waals surface area contributed by atoms with Crippen LogP contribution in [0.2, 0.25) is 0 Å². The maximum Gasteiger partial charge on any atom is 0.328 e. The van der Waals surface area contributed by atoms with Gasteiger partial charge in [0.25, 0.3) is 0 Å². The van der Waals surface area contributed by atoms with E-state index in [1.807, 2.05) is 29.6 Å². The number of nitrogens with two attached hydrogens (primary N) is 1. The molecule has 6 unspecified atom stereocenters. The van der Waals surface area contributed by atoms with Crippen LogP contribution in [0, 0.1) is 0 Å². The number of hydrogen-bond acceptors (Lipinski definition) is 8. The number of aliphatic hydroxyl groups is 2. The normalized spacial score (nSPS) is 15.9. The molecule has 2 rings (SSSR count). The van der Waals surface area contributed by atoms with E-state index in [2.05, 4.69) is 15.6 Å².